The number of halogens is 1. The van der Waals surface area contributed by atoms with Crippen LogP contribution in [0.4, 0.5) is 15.0 Å². The van der Waals surface area contributed by atoms with Gasteiger partial charge < -0.3 is 10.1 Å². The molecule has 3 aromatic rings. The van der Waals surface area contributed by atoms with Crippen LogP contribution in [0, 0.1) is 12.7 Å². The van der Waals surface area contributed by atoms with Crippen molar-refractivity contribution in [2.45, 2.75) is 51.2 Å². The van der Waals surface area contributed by atoms with Crippen molar-refractivity contribution in [3.05, 3.63) is 77.9 Å². The lowest BCUT2D eigenvalue weighted by Gasteiger charge is -2.22. The van der Waals surface area contributed by atoms with Crippen molar-refractivity contribution >= 4 is 11.8 Å². The lowest BCUT2D eigenvalue weighted by molar-refractivity contribution is 0.159. The van der Waals surface area contributed by atoms with E-state index in [9.17, 15) is 9.18 Å². The van der Waals surface area contributed by atoms with Crippen molar-refractivity contribution < 1.29 is 13.9 Å². The quantitative estimate of drug-likeness (QED) is 0.391. The maximum absolute atomic E-state index is 13.6. The zero-order chi connectivity index (χ0) is 28.2. The summed E-state index contributed by atoms with van der Waals surface area (Å²) in [5.41, 5.74) is 3.58. The first-order chi connectivity index (χ1) is 19.3. The van der Waals surface area contributed by atoms with Crippen molar-refractivity contribution in [3.8, 4) is 11.3 Å². The Morgan fingerprint density at radius 1 is 1.20 bits per heavy atom. The van der Waals surface area contributed by atoms with Gasteiger partial charge in [-0.25, -0.2) is 13.9 Å². The predicted octanol–water partition coefficient (Wildman–Crippen LogP) is 5.07. The maximum Gasteiger partial charge on any atom is 0.320 e. The minimum Gasteiger partial charge on any atom is -0.383 e. The molecular formula is C30H38FN7O2. The van der Waals surface area contributed by atoms with Crippen molar-refractivity contribution in [1.82, 2.24) is 29.8 Å². The first-order valence-electron chi connectivity index (χ1n) is 13.8. The number of nitrogens with zero attached hydrogens (tertiary/aromatic N) is 5. The van der Waals surface area contributed by atoms with E-state index in [1.165, 1.54) is 12.1 Å². The molecule has 0 spiro atoms. The van der Waals surface area contributed by atoms with Crippen molar-refractivity contribution in [2.75, 3.05) is 38.7 Å². The fourth-order valence-electron chi connectivity index (χ4n) is 5.47. The minimum absolute atomic E-state index is 0.0177. The van der Waals surface area contributed by atoms with Gasteiger partial charge in [0, 0.05) is 56.0 Å². The Hall–Kier alpha value is -3.76. The largest absolute Gasteiger partial charge is 0.383 e. The van der Waals surface area contributed by atoms with Gasteiger partial charge in [0.05, 0.1) is 24.9 Å². The second kappa shape index (κ2) is 12.2. The molecule has 40 heavy (non-hydrogen) atoms. The Morgan fingerprint density at radius 3 is 2.67 bits per heavy atom. The molecule has 3 atom stereocenters. The van der Waals surface area contributed by atoms with Gasteiger partial charge in [-0.15, -0.1) is 0 Å². The highest BCUT2D eigenvalue weighted by Gasteiger charge is 2.35. The Kier molecular flexibility index (Phi) is 8.46. The number of nitrogens with one attached hydrogen (secondary N) is 2. The summed E-state index contributed by atoms with van der Waals surface area (Å²) in [4.78, 5) is 15.8. The highest BCUT2D eigenvalue weighted by Crippen LogP contribution is 2.33. The molecule has 0 saturated carbocycles. The molecule has 1 aliphatic heterocycles. The SMILES string of the molecule is COCCN1C[C@@H](NC(=O)Nc2c(C)c(-c3cnn(C(C)C)c3)nn2C2C=CC=CC2)[C@H](c2ccc(F)cc2)C1. The average Bonchev–Trinajstić information content (AvgIpc) is 3.67. The predicted molar refractivity (Wildman–Crippen MR) is 154 cm³/mol. The van der Waals surface area contributed by atoms with Crippen LogP contribution in [-0.2, 0) is 4.74 Å². The number of benzene rings is 1. The molecule has 2 N–H and O–H groups in total. The Balaban J connectivity index is 1.40. The van der Waals surface area contributed by atoms with Crippen molar-refractivity contribution in [1.29, 1.82) is 0 Å². The van der Waals surface area contributed by atoms with Crippen LogP contribution >= 0.6 is 0 Å². The van der Waals surface area contributed by atoms with E-state index < -0.39 is 0 Å². The number of amides is 2. The van der Waals surface area contributed by atoms with E-state index in [4.69, 9.17) is 9.84 Å². The van der Waals surface area contributed by atoms with Crippen molar-refractivity contribution in [2.24, 2.45) is 0 Å². The maximum atomic E-state index is 13.6. The zero-order valence-corrected chi connectivity index (χ0v) is 23.5. The third kappa shape index (κ3) is 6.03. The molecule has 1 saturated heterocycles. The molecule has 5 rings (SSSR count). The van der Waals surface area contributed by atoms with E-state index in [1.54, 1.807) is 19.2 Å². The van der Waals surface area contributed by atoms with Gasteiger partial charge in [0.2, 0.25) is 0 Å². The van der Waals surface area contributed by atoms with E-state index in [0.717, 1.165) is 41.9 Å². The summed E-state index contributed by atoms with van der Waals surface area (Å²) in [6.45, 7) is 8.93. The van der Waals surface area contributed by atoms with Gasteiger partial charge >= 0.3 is 6.03 Å². The van der Waals surface area contributed by atoms with E-state index in [-0.39, 0.29) is 35.9 Å². The molecule has 2 aromatic heterocycles. The van der Waals surface area contributed by atoms with Crippen LogP contribution in [0.25, 0.3) is 11.3 Å². The molecule has 10 heteroatoms. The Bertz CT molecular complexity index is 1380. The van der Waals surface area contributed by atoms with Gasteiger partial charge in [-0.1, -0.05) is 36.4 Å². The van der Waals surface area contributed by atoms with Gasteiger partial charge in [-0.3, -0.25) is 14.9 Å². The van der Waals surface area contributed by atoms with Crippen LogP contribution in [0.15, 0.2) is 61.0 Å². The number of hydrogen-bond acceptors (Lipinski definition) is 5. The number of hydrogen-bond donors (Lipinski definition) is 2. The molecule has 1 unspecified atom stereocenters. The van der Waals surface area contributed by atoms with Gasteiger partial charge in [-0.2, -0.15) is 10.2 Å². The number of anilines is 1. The van der Waals surface area contributed by atoms with Gasteiger partial charge in [0.25, 0.3) is 0 Å². The van der Waals surface area contributed by atoms with Crippen LogP contribution in [0.5, 0.6) is 0 Å². The molecular weight excluding hydrogens is 509 g/mol. The normalized spacial score (nSPS) is 20.9. The first kappa shape index (κ1) is 27.8. The summed E-state index contributed by atoms with van der Waals surface area (Å²) in [6.07, 6.45) is 12.8. The summed E-state index contributed by atoms with van der Waals surface area (Å²) >= 11 is 0. The number of allylic oxidation sites excluding steroid dienone is 4. The number of ether oxygens (including phenoxy) is 1. The molecule has 2 amide bonds. The average molecular weight is 548 g/mol. The lowest BCUT2D eigenvalue weighted by atomic mass is 9.94. The number of urea groups is 1. The summed E-state index contributed by atoms with van der Waals surface area (Å²) in [6, 6.07) is 6.32. The number of carbonyl (C=O) groups excluding carboxylic acids is 1. The van der Waals surface area contributed by atoms with E-state index in [0.29, 0.717) is 19.0 Å². The third-order valence-electron chi connectivity index (χ3n) is 7.68. The second-order valence-electron chi connectivity index (χ2n) is 10.8. The first-order valence-corrected chi connectivity index (χ1v) is 13.8. The topological polar surface area (TPSA) is 89.2 Å². The highest BCUT2D eigenvalue weighted by molar-refractivity contribution is 5.90. The summed E-state index contributed by atoms with van der Waals surface area (Å²) in [5.74, 6) is 0.408. The zero-order valence-electron chi connectivity index (χ0n) is 23.5. The monoisotopic (exact) mass is 547 g/mol. The molecule has 1 fully saturated rings. The van der Waals surface area contributed by atoms with E-state index in [2.05, 4.69) is 46.6 Å². The van der Waals surface area contributed by atoms with Crippen LogP contribution in [0.2, 0.25) is 0 Å². The molecule has 212 valence electrons. The Morgan fingerprint density at radius 2 is 2.00 bits per heavy atom. The van der Waals surface area contributed by atoms with E-state index >= 15 is 0 Å². The van der Waals surface area contributed by atoms with Crippen LogP contribution < -0.4 is 10.6 Å². The molecule has 3 heterocycles. The number of likely N-dealkylation sites (tertiary alicyclic amines) is 1. The molecule has 1 aliphatic carbocycles. The molecule has 9 nitrogen and oxygen atoms in total. The van der Waals surface area contributed by atoms with E-state index in [1.807, 2.05) is 40.8 Å². The standard InChI is InChI=1S/C30H38FN7O2/c1-20(2)37-17-23(16-32-37)28-21(3)29(38(35-28)25-8-6-5-7-9-25)34-30(39)33-27-19-36(14-15-40-4)18-26(27)22-10-12-24(31)13-11-22/h5-8,10-13,16-17,20,25-27H,9,14-15,18-19H2,1-4H3,(H2,33,34,39)/t25?,26-,27+/m0/s1. The number of rotatable bonds is 9. The minimum atomic E-state index is -0.297. The lowest BCUT2D eigenvalue weighted by Crippen LogP contribution is -2.42. The van der Waals surface area contributed by atoms with Gasteiger partial charge in [0.15, 0.2) is 0 Å². The third-order valence-corrected chi connectivity index (χ3v) is 7.68. The highest BCUT2D eigenvalue weighted by atomic mass is 19.1. The Labute approximate surface area is 234 Å². The molecule has 1 aromatic carbocycles. The van der Waals surface area contributed by atoms with Gasteiger partial charge in [-0.05, 0) is 44.9 Å². The van der Waals surface area contributed by atoms with Gasteiger partial charge in [0.1, 0.15) is 17.3 Å². The number of methoxy groups -OCH3 is 1. The van der Waals surface area contributed by atoms with Crippen LogP contribution in [-0.4, -0.2) is 69.9 Å². The van der Waals surface area contributed by atoms with Crippen molar-refractivity contribution in [3.63, 3.8) is 0 Å². The fraction of sp³-hybridized carbons (Fsp3) is 0.433. The summed E-state index contributed by atoms with van der Waals surface area (Å²) in [7, 11) is 1.68. The second-order valence-corrected chi connectivity index (χ2v) is 10.8. The summed E-state index contributed by atoms with van der Waals surface area (Å²) in [5, 5.41) is 15.8. The van der Waals surface area contributed by atoms with Crippen LogP contribution in [0.1, 0.15) is 49.4 Å². The fourth-order valence-corrected chi connectivity index (χ4v) is 5.47. The van der Waals surface area contributed by atoms with Crippen LogP contribution in [0.3, 0.4) is 0 Å². The number of aromatic nitrogens is 4. The number of carbonyl (C=O) groups is 1. The molecule has 0 bridgehead atoms. The molecule has 2 aliphatic rings. The summed E-state index contributed by atoms with van der Waals surface area (Å²) < 4.78 is 22.7. The smallest absolute Gasteiger partial charge is 0.320 e. The molecule has 0 radical (unpaired) electrons.